The molecule has 27 heavy (non-hydrogen) atoms. The van der Waals surface area contributed by atoms with E-state index in [0.717, 1.165) is 64.7 Å². The quantitative estimate of drug-likeness (QED) is 0.825. The van der Waals surface area contributed by atoms with Crippen LogP contribution in [0, 0.1) is 5.92 Å². The Morgan fingerprint density at radius 1 is 0.926 bits per heavy atom. The highest BCUT2D eigenvalue weighted by atomic mass is 16.3. The predicted octanol–water partition coefficient (Wildman–Crippen LogP) is 2.13. The number of aliphatic hydroxyl groups is 1. The van der Waals surface area contributed by atoms with Gasteiger partial charge in [-0.1, -0.05) is 24.3 Å². The van der Waals surface area contributed by atoms with Crippen molar-refractivity contribution in [3.8, 4) is 0 Å². The summed E-state index contributed by atoms with van der Waals surface area (Å²) in [7, 11) is 0. The van der Waals surface area contributed by atoms with Gasteiger partial charge in [0.05, 0.1) is 5.60 Å². The molecule has 146 valence electrons. The van der Waals surface area contributed by atoms with Crippen molar-refractivity contribution >= 4 is 6.03 Å². The van der Waals surface area contributed by atoms with Crippen LogP contribution in [0.4, 0.5) is 4.79 Å². The Hall–Kier alpha value is -1.59. The fraction of sp³-hybridized carbons (Fsp3) is 0.682. The van der Waals surface area contributed by atoms with Crippen molar-refractivity contribution in [3.05, 3.63) is 35.4 Å². The van der Waals surface area contributed by atoms with E-state index in [1.54, 1.807) is 0 Å². The molecule has 2 atom stereocenters. The third kappa shape index (κ3) is 3.15. The minimum absolute atomic E-state index is 0.176. The van der Waals surface area contributed by atoms with Crippen molar-refractivity contribution in [2.75, 3.05) is 39.3 Å². The SMILES string of the molecule is O=C(N1CCCC1)N1CC[C@]2(O)CCN(C3Cc4ccccc4C3)C[C@@H]2C1. The lowest BCUT2D eigenvalue weighted by molar-refractivity contribution is -0.113. The minimum atomic E-state index is -0.580. The first-order chi connectivity index (χ1) is 13.1. The predicted molar refractivity (Wildman–Crippen MR) is 105 cm³/mol. The van der Waals surface area contributed by atoms with E-state index in [1.807, 2.05) is 9.80 Å². The van der Waals surface area contributed by atoms with Gasteiger partial charge in [-0.05, 0) is 49.7 Å². The molecule has 1 aromatic carbocycles. The summed E-state index contributed by atoms with van der Waals surface area (Å²) in [4.78, 5) is 19.4. The second-order valence-electron chi connectivity index (χ2n) is 9.05. The van der Waals surface area contributed by atoms with Crippen LogP contribution in [0.3, 0.4) is 0 Å². The average Bonchev–Trinajstić information content (AvgIpc) is 3.36. The Kier molecular flexibility index (Phi) is 4.40. The van der Waals surface area contributed by atoms with Crippen molar-refractivity contribution in [2.45, 2.75) is 50.2 Å². The maximum absolute atomic E-state index is 12.8. The first-order valence-corrected chi connectivity index (χ1v) is 10.7. The lowest BCUT2D eigenvalue weighted by Gasteiger charge is -2.51. The van der Waals surface area contributed by atoms with Gasteiger partial charge in [0.25, 0.3) is 0 Å². The number of amides is 2. The normalized spacial score (nSPS) is 31.8. The van der Waals surface area contributed by atoms with Crippen LogP contribution in [0.2, 0.25) is 0 Å². The van der Waals surface area contributed by atoms with Crippen LogP contribution in [0.15, 0.2) is 24.3 Å². The summed E-state index contributed by atoms with van der Waals surface area (Å²) in [6, 6.07) is 9.54. The third-order valence-electron chi connectivity index (χ3n) is 7.50. The van der Waals surface area contributed by atoms with Gasteiger partial charge in [-0.3, -0.25) is 4.90 Å². The van der Waals surface area contributed by atoms with Gasteiger partial charge < -0.3 is 14.9 Å². The number of benzene rings is 1. The lowest BCUT2D eigenvalue weighted by Crippen LogP contribution is -2.62. The van der Waals surface area contributed by atoms with Crippen LogP contribution < -0.4 is 0 Å². The van der Waals surface area contributed by atoms with Crippen molar-refractivity contribution in [1.82, 2.24) is 14.7 Å². The summed E-state index contributed by atoms with van der Waals surface area (Å²) in [6.45, 7) is 5.11. The molecule has 5 nitrogen and oxygen atoms in total. The van der Waals surface area contributed by atoms with E-state index < -0.39 is 5.60 Å². The second-order valence-corrected chi connectivity index (χ2v) is 9.05. The number of carbonyl (C=O) groups is 1. The monoisotopic (exact) mass is 369 g/mol. The summed E-state index contributed by atoms with van der Waals surface area (Å²) in [6.07, 6.45) is 6.08. The van der Waals surface area contributed by atoms with E-state index in [0.29, 0.717) is 19.1 Å². The molecule has 0 radical (unpaired) electrons. The van der Waals surface area contributed by atoms with Gasteiger partial charge in [-0.2, -0.15) is 0 Å². The van der Waals surface area contributed by atoms with E-state index in [1.165, 1.54) is 11.1 Å². The van der Waals surface area contributed by atoms with Crippen LogP contribution in [-0.4, -0.2) is 76.7 Å². The third-order valence-corrected chi connectivity index (χ3v) is 7.50. The zero-order valence-electron chi connectivity index (χ0n) is 16.1. The number of likely N-dealkylation sites (tertiary alicyclic amines) is 3. The van der Waals surface area contributed by atoms with Gasteiger partial charge in [-0.25, -0.2) is 4.79 Å². The molecule has 5 heteroatoms. The molecule has 1 N–H and O–H groups in total. The molecule has 3 aliphatic heterocycles. The average molecular weight is 370 g/mol. The molecular formula is C22H31N3O2. The highest BCUT2D eigenvalue weighted by Gasteiger charge is 2.47. The van der Waals surface area contributed by atoms with Crippen LogP contribution in [0.5, 0.6) is 0 Å². The largest absolute Gasteiger partial charge is 0.389 e. The lowest BCUT2D eigenvalue weighted by atomic mass is 9.75. The molecule has 1 aromatic rings. The van der Waals surface area contributed by atoms with E-state index >= 15 is 0 Å². The maximum atomic E-state index is 12.8. The molecular weight excluding hydrogens is 338 g/mol. The van der Waals surface area contributed by atoms with Crippen molar-refractivity contribution in [2.24, 2.45) is 5.92 Å². The van der Waals surface area contributed by atoms with Gasteiger partial charge in [0.2, 0.25) is 0 Å². The van der Waals surface area contributed by atoms with Gasteiger partial charge in [0.15, 0.2) is 0 Å². The Balaban J connectivity index is 1.26. The number of piperidine rings is 2. The number of urea groups is 1. The molecule has 0 spiro atoms. The molecule has 2 amide bonds. The van der Waals surface area contributed by atoms with Crippen LogP contribution in [0.25, 0.3) is 0 Å². The van der Waals surface area contributed by atoms with Crippen molar-refractivity contribution in [3.63, 3.8) is 0 Å². The van der Waals surface area contributed by atoms with Gasteiger partial charge in [0.1, 0.15) is 0 Å². The number of rotatable bonds is 1. The van der Waals surface area contributed by atoms with Crippen LogP contribution >= 0.6 is 0 Å². The number of hydrogen-bond acceptors (Lipinski definition) is 3. The molecule has 1 aliphatic carbocycles. The molecule has 3 heterocycles. The first-order valence-electron chi connectivity index (χ1n) is 10.7. The molecule has 5 rings (SSSR count). The van der Waals surface area contributed by atoms with Gasteiger partial charge in [-0.15, -0.1) is 0 Å². The van der Waals surface area contributed by atoms with Crippen LogP contribution in [0.1, 0.15) is 36.8 Å². The Bertz CT molecular complexity index is 692. The molecule has 3 fully saturated rings. The highest BCUT2D eigenvalue weighted by Crippen LogP contribution is 2.38. The topological polar surface area (TPSA) is 47.0 Å². The van der Waals surface area contributed by atoms with Gasteiger partial charge in [0, 0.05) is 51.2 Å². The van der Waals surface area contributed by atoms with Crippen LogP contribution in [-0.2, 0) is 12.8 Å². The van der Waals surface area contributed by atoms with E-state index in [4.69, 9.17) is 0 Å². The standard InChI is InChI=1S/C22H31N3O2/c26-21(23-9-3-4-10-23)25-12-8-22(27)7-11-24(15-19(22)16-25)20-13-17-5-1-2-6-18(17)14-20/h1-2,5-6,19-20,27H,3-4,7-16H2/t19-,22-/m1/s1. The molecule has 3 saturated heterocycles. The Labute approximate surface area is 161 Å². The summed E-state index contributed by atoms with van der Waals surface area (Å²) in [5.74, 6) is 0.176. The highest BCUT2D eigenvalue weighted by molar-refractivity contribution is 5.75. The minimum Gasteiger partial charge on any atom is -0.389 e. The van der Waals surface area contributed by atoms with Gasteiger partial charge >= 0.3 is 6.03 Å². The summed E-state index contributed by atoms with van der Waals surface area (Å²) < 4.78 is 0. The molecule has 4 aliphatic rings. The molecule has 0 aromatic heterocycles. The smallest absolute Gasteiger partial charge is 0.320 e. The van der Waals surface area contributed by atoms with E-state index in [2.05, 4.69) is 29.2 Å². The molecule has 0 saturated carbocycles. The number of carbonyl (C=O) groups excluding carboxylic acids is 1. The summed E-state index contributed by atoms with van der Waals surface area (Å²) in [5, 5.41) is 11.2. The van der Waals surface area contributed by atoms with Crippen molar-refractivity contribution in [1.29, 1.82) is 0 Å². The van der Waals surface area contributed by atoms with Crippen molar-refractivity contribution < 1.29 is 9.90 Å². The zero-order valence-corrected chi connectivity index (χ0v) is 16.1. The fourth-order valence-corrected chi connectivity index (χ4v) is 5.74. The maximum Gasteiger partial charge on any atom is 0.320 e. The zero-order chi connectivity index (χ0) is 18.4. The Morgan fingerprint density at radius 2 is 1.59 bits per heavy atom. The summed E-state index contributed by atoms with van der Waals surface area (Å²) in [5.41, 5.74) is 2.39. The van der Waals surface area contributed by atoms with E-state index in [9.17, 15) is 9.90 Å². The second kappa shape index (κ2) is 6.78. The number of fused-ring (bicyclic) bond motifs is 2. The van der Waals surface area contributed by atoms with E-state index in [-0.39, 0.29) is 11.9 Å². The summed E-state index contributed by atoms with van der Waals surface area (Å²) >= 11 is 0. The number of hydrogen-bond donors (Lipinski definition) is 1. The fourth-order valence-electron chi connectivity index (χ4n) is 5.74. The number of nitrogens with zero attached hydrogens (tertiary/aromatic N) is 3. The molecule has 0 unspecified atom stereocenters. The first kappa shape index (κ1) is 17.5. The Morgan fingerprint density at radius 3 is 2.30 bits per heavy atom. The molecule has 0 bridgehead atoms.